The predicted octanol–water partition coefficient (Wildman–Crippen LogP) is 3.60. The molecule has 1 fully saturated rings. The van der Waals surface area contributed by atoms with Gasteiger partial charge < -0.3 is 14.8 Å². The highest BCUT2D eigenvalue weighted by Crippen LogP contribution is 2.26. The fourth-order valence-electron chi connectivity index (χ4n) is 2.75. The monoisotopic (exact) mass is 388 g/mol. The Morgan fingerprint density at radius 1 is 1.22 bits per heavy atom. The van der Waals surface area contributed by atoms with Crippen molar-refractivity contribution in [3.05, 3.63) is 29.8 Å². The molecule has 1 aromatic carbocycles. The standard InChI is InChI=1S/C18H23F3N2O4/c1-17(2,3)27-16(25)23-10-6-8-13(23)15(24)22-11-12-7-4-5-9-14(12)26-18(19,20)21/h4-5,7,9,13H,6,8,10-11H2,1-3H3,(H,22,24). The Hall–Kier alpha value is -2.45. The van der Waals surface area contributed by atoms with Crippen LogP contribution in [0.1, 0.15) is 39.2 Å². The van der Waals surface area contributed by atoms with Crippen LogP contribution in [0, 0.1) is 0 Å². The number of para-hydroxylation sites is 1. The van der Waals surface area contributed by atoms with Gasteiger partial charge in [-0.1, -0.05) is 18.2 Å². The molecule has 0 saturated carbocycles. The lowest BCUT2D eigenvalue weighted by Gasteiger charge is -2.28. The second kappa shape index (κ2) is 8.06. The first-order chi connectivity index (χ1) is 12.5. The van der Waals surface area contributed by atoms with Crippen molar-refractivity contribution >= 4 is 12.0 Å². The number of hydrogen-bond donors (Lipinski definition) is 1. The summed E-state index contributed by atoms with van der Waals surface area (Å²) in [7, 11) is 0. The summed E-state index contributed by atoms with van der Waals surface area (Å²) in [5.74, 6) is -0.819. The van der Waals surface area contributed by atoms with Crippen molar-refractivity contribution in [1.82, 2.24) is 10.2 Å². The molecule has 6 nitrogen and oxygen atoms in total. The van der Waals surface area contributed by atoms with Gasteiger partial charge in [-0.3, -0.25) is 9.69 Å². The number of ether oxygens (including phenoxy) is 2. The Balaban J connectivity index is 2.00. The van der Waals surface area contributed by atoms with Crippen molar-refractivity contribution in [2.75, 3.05) is 6.54 Å². The first kappa shape index (κ1) is 20.9. The average Bonchev–Trinajstić information content (AvgIpc) is 3.00. The number of amides is 2. The van der Waals surface area contributed by atoms with E-state index in [-0.39, 0.29) is 17.9 Å². The molecule has 1 aliphatic rings. The summed E-state index contributed by atoms with van der Waals surface area (Å²) in [5.41, 5.74) is -0.501. The summed E-state index contributed by atoms with van der Waals surface area (Å²) in [6, 6.07) is 4.86. The minimum atomic E-state index is -4.82. The van der Waals surface area contributed by atoms with E-state index in [9.17, 15) is 22.8 Å². The number of rotatable bonds is 4. The largest absolute Gasteiger partial charge is 0.573 e. The van der Waals surface area contributed by atoms with Gasteiger partial charge in [0.1, 0.15) is 17.4 Å². The van der Waals surface area contributed by atoms with E-state index in [0.717, 1.165) is 0 Å². The van der Waals surface area contributed by atoms with Crippen LogP contribution in [-0.2, 0) is 16.1 Å². The van der Waals surface area contributed by atoms with Gasteiger partial charge >= 0.3 is 12.5 Å². The minimum absolute atomic E-state index is 0.149. The number of hydrogen-bond acceptors (Lipinski definition) is 4. The van der Waals surface area contributed by atoms with Crippen LogP contribution in [0.5, 0.6) is 5.75 Å². The lowest BCUT2D eigenvalue weighted by molar-refractivity contribution is -0.274. The van der Waals surface area contributed by atoms with Crippen molar-refractivity contribution < 1.29 is 32.2 Å². The lowest BCUT2D eigenvalue weighted by Crippen LogP contribution is -2.47. The molecule has 27 heavy (non-hydrogen) atoms. The molecule has 9 heteroatoms. The maximum Gasteiger partial charge on any atom is 0.573 e. The quantitative estimate of drug-likeness (QED) is 0.856. The first-order valence-corrected chi connectivity index (χ1v) is 8.57. The van der Waals surface area contributed by atoms with Crippen LogP contribution in [0.2, 0.25) is 0 Å². The van der Waals surface area contributed by atoms with Crippen molar-refractivity contribution in [3.8, 4) is 5.75 Å². The molecule has 0 bridgehead atoms. The molecule has 1 heterocycles. The molecule has 0 spiro atoms. The van der Waals surface area contributed by atoms with Gasteiger partial charge in [0.05, 0.1) is 0 Å². The normalized spacial score (nSPS) is 17.6. The van der Waals surface area contributed by atoms with Crippen molar-refractivity contribution in [2.45, 2.75) is 58.2 Å². The smallest absolute Gasteiger partial charge is 0.444 e. The molecular formula is C18H23F3N2O4. The molecule has 0 aromatic heterocycles. The summed E-state index contributed by atoms with van der Waals surface area (Å²) in [5, 5.41) is 2.58. The fourth-order valence-corrected chi connectivity index (χ4v) is 2.75. The topological polar surface area (TPSA) is 67.9 Å². The van der Waals surface area contributed by atoms with E-state index in [1.165, 1.54) is 23.1 Å². The number of likely N-dealkylation sites (tertiary alicyclic amines) is 1. The zero-order valence-corrected chi connectivity index (χ0v) is 15.4. The van der Waals surface area contributed by atoms with Gasteiger partial charge in [-0.15, -0.1) is 13.2 Å². The summed E-state index contributed by atoms with van der Waals surface area (Å²) < 4.78 is 46.7. The predicted molar refractivity (Wildman–Crippen MR) is 90.9 cm³/mol. The van der Waals surface area contributed by atoms with Gasteiger partial charge in [0.2, 0.25) is 5.91 Å². The summed E-state index contributed by atoms with van der Waals surface area (Å²) in [6.45, 7) is 5.43. The van der Waals surface area contributed by atoms with E-state index in [4.69, 9.17) is 4.74 Å². The van der Waals surface area contributed by atoms with Crippen LogP contribution >= 0.6 is 0 Å². The Bertz CT molecular complexity index is 686. The molecule has 2 rings (SSSR count). The zero-order chi connectivity index (χ0) is 20.2. The van der Waals surface area contributed by atoms with Gasteiger partial charge in [-0.2, -0.15) is 0 Å². The molecule has 1 atom stereocenters. The van der Waals surface area contributed by atoms with Gasteiger partial charge in [-0.25, -0.2) is 4.79 Å². The third-order valence-corrected chi connectivity index (χ3v) is 3.83. The van der Waals surface area contributed by atoms with E-state index in [1.807, 2.05) is 0 Å². The third kappa shape index (κ3) is 6.33. The molecule has 1 unspecified atom stereocenters. The van der Waals surface area contributed by atoms with Crippen molar-refractivity contribution in [3.63, 3.8) is 0 Å². The fraction of sp³-hybridized carbons (Fsp3) is 0.556. The number of alkyl halides is 3. The molecule has 2 amide bonds. The first-order valence-electron chi connectivity index (χ1n) is 8.57. The highest BCUT2D eigenvalue weighted by atomic mass is 19.4. The van der Waals surface area contributed by atoms with E-state index < -0.39 is 30.0 Å². The molecule has 1 aromatic rings. The second-order valence-corrected chi connectivity index (χ2v) is 7.21. The number of nitrogens with one attached hydrogen (secondary N) is 1. The van der Waals surface area contributed by atoms with Crippen LogP contribution in [-0.4, -0.2) is 41.5 Å². The molecule has 0 radical (unpaired) electrons. The van der Waals surface area contributed by atoms with Crippen LogP contribution in [0.15, 0.2) is 24.3 Å². The third-order valence-electron chi connectivity index (χ3n) is 3.83. The Morgan fingerprint density at radius 2 is 1.89 bits per heavy atom. The van der Waals surface area contributed by atoms with Crippen molar-refractivity contribution in [2.24, 2.45) is 0 Å². The van der Waals surface area contributed by atoms with Gasteiger partial charge in [-0.05, 0) is 39.7 Å². The zero-order valence-electron chi connectivity index (χ0n) is 15.4. The van der Waals surface area contributed by atoms with E-state index in [2.05, 4.69) is 10.1 Å². The second-order valence-electron chi connectivity index (χ2n) is 7.21. The van der Waals surface area contributed by atoms with E-state index in [1.54, 1.807) is 26.8 Å². The number of halogens is 3. The average molecular weight is 388 g/mol. The molecule has 1 aliphatic heterocycles. The molecule has 1 saturated heterocycles. The SMILES string of the molecule is CC(C)(C)OC(=O)N1CCCC1C(=O)NCc1ccccc1OC(F)(F)F. The van der Waals surface area contributed by atoms with Gasteiger partial charge in [0.25, 0.3) is 0 Å². The van der Waals surface area contributed by atoms with Crippen LogP contribution in [0.4, 0.5) is 18.0 Å². The van der Waals surface area contributed by atoms with Crippen molar-refractivity contribution in [1.29, 1.82) is 0 Å². The minimum Gasteiger partial charge on any atom is -0.444 e. The van der Waals surface area contributed by atoms with E-state index >= 15 is 0 Å². The Kier molecular flexibility index (Phi) is 6.22. The summed E-state index contributed by atoms with van der Waals surface area (Å²) in [6.07, 6.45) is -4.29. The number of carbonyl (C=O) groups excluding carboxylic acids is 2. The highest BCUT2D eigenvalue weighted by Gasteiger charge is 2.37. The maximum atomic E-state index is 12.5. The number of benzene rings is 1. The molecule has 1 N–H and O–H groups in total. The Labute approximate surface area is 155 Å². The molecule has 150 valence electrons. The summed E-state index contributed by atoms with van der Waals surface area (Å²) in [4.78, 5) is 26.1. The Morgan fingerprint density at radius 3 is 2.52 bits per heavy atom. The summed E-state index contributed by atoms with van der Waals surface area (Å²) >= 11 is 0. The van der Waals surface area contributed by atoms with Crippen LogP contribution in [0.25, 0.3) is 0 Å². The van der Waals surface area contributed by atoms with Crippen LogP contribution < -0.4 is 10.1 Å². The number of nitrogens with zero attached hydrogens (tertiary/aromatic N) is 1. The maximum absolute atomic E-state index is 12.5. The molecular weight excluding hydrogens is 365 g/mol. The molecule has 0 aliphatic carbocycles. The van der Waals surface area contributed by atoms with E-state index in [0.29, 0.717) is 19.4 Å². The van der Waals surface area contributed by atoms with Crippen LogP contribution in [0.3, 0.4) is 0 Å². The van der Waals surface area contributed by atoms with Gasteiger partial charge in [0, 0.05) is 18.7 Å². The lowest BCUT2D eigenvalue weighted by atomic mass is 10.1. The van der Waals surface area contributed by atoms with Gasteiger partial charge in [0.15, 0.2) is 0 Å². The highest BCUT2D eigenvalue weighted by molar-refractivity contribution is 5.86. The number of carbonyl (C=O) groups is 2.